The Morgan fingerprint density at radius 1 is 1.46 bits per heavy atom. The number of hydrogen-bond acceptors (Lipinski definition) is 2. The highest BCUT2D eigenvalue weighted by Gasteiger charge is 2.28. The van der Waals surface area contributed by atoms with Crippen LogP contribution < -0.4 is 5.73 Å². The third-order valence-electron chi connectivity index (χ3n) is 3.32. The minimum absolute atomic E-state index is 0.803. The van der Waals surface area contributed by atoms with Crippen molar-refractivity contribution in [2.75, 3.05) is 19.6 Å². The summed E-state index contributed by atoms with van der Waals surface area (Å²) >= 11 is 0. The van der Waals surface area contributed by atoms with Crippen molar-refractivity contribution in [1.82, 2.24) is 4.90 Å². The molecular formula is C11H20N2. The number of hydrogen-bond donors (Lipinski definition) is 1. The Labute approximate surface area is 80.8 Å². The minimum atomic E-state index is 0.803. The third-order valence-corrected chi connectivity index (χ3v) is 3.32. The molecule has 0 bridgehead atoms. The zero-order chi connectivity index (χ0) is 9.10. The van der Waals surface area contributed by atoms with Crippen LogP contribution in [0.25, 0.3) is 0 Å². The van der Waals surface area contributed by atoms with Crippen molar-refractivity contribution in [2.45, 2.75) is 38.1 Å². The molecule has 2 fully saturated rings. The van der Waals surface area contributed by atoms with Gasteiger partial charge >= 0.3 is 0 Å². The van der Waals surface area contributed by atoms with Crippen LogP contribution in [0.3, 0.4) is 0 Å². The summed E-state index contributed by atoms with van der Waals surface area (Å²) in [6, 6.07) is 0.873. The van der Waals surface area contributed by atoms with Crippen molar-refractivity contribution in [1.29, 1.82) is 0 Å². The van der Waals surface area contributed by atoms with E-state index in [1.807, 2.05) is 0 Å². The Hall–Kier alpha value is -0.340. The van der Waals surface area contributed by atoms with E-state index in [1.165, 1.54) is 38.8 Å². The monoisotopic (exact) mass is 180 g/mol. The maximum Gasteiger partial charge on any atom is 0.0133 e. The average Bonchev–Trinajstić information content (AvgIpc) is 2.61. The Bertz CT molecular complexity index is 198. The number of fused-ring (bicyclic) bond motifs is 1. The summed E-state index contributed by atoms with van der Waals surface area (Å²) in [5.41, 5.74) is 7.16. The van der Waals surface area contributed by atoms with Crippen LogP contribution in [-0.4, -0.2) is 30.6 Å². The fourth-order valence-electron chi connectivity index (χ4n) is 2.59. The van der Waals surface area contributed by atoms with E-state index in [-0.39, 0.29) is 0 Å². The molecule has 74 valence electrons. The Morgan fingerprint density at radius 2 is 2.38 bits per heavy atom. The smallest absolute Gasteiger partial charge is 0.0133 e. The highest BCUT2D eigenvalue weighted by molar-refractivity contribution is 5.09. The van der Waals surface area contributed by atoms with Gasteiger partial charge in [-0.3, -0.25) is 4.90 Å². The van der Waals surface area contributed by atoms with Gasteiger partial charge in [0.05, 0.1) is 0 Å². The molecule has 2 heteroatoms. The normalized spacial score (nSPS) is 32.4. The van der Waals surface area contributed by atoms with Crippen LogP contribution in [0.1, 0.15) is 32.1 Å². The van der Waals surface area contributed by atoms with Gasteiger partial charge in [-0.25, -0.2) is 0 Å². The second kappa shape index (κ2) is 4.25. The summed E-state index contributed by atoms with van der Waals surface area (Å²) < 4.78 is 0. The highest BCUT2D eigenvalue weighted by Crippen LogP contribution is 2.29. The molecule has 2 aliphatic rings. The molecule has 0 aromatic carbocycles. The molecule has 0 aliphatic carbocycles. The van der Waals surface area contributed by atoms with Crippen LogP contribution in [0.15, 0.2) is 11.6 Å². The predicted octanol–water partition coefficient (Wildman–Crippen LogP) is 1.52. The molecule has 1 unspecified atom stereocenters. The van der Waals surface area contributed by atoms with Gasteiger partial charge in [0.15, 0.2) is 0 Å². The summed E-state index contributed by atoms with van der Waals surface area (Å²) in [6.07, 6.45) is 8.88. The maximum atomic E-state index is 5.50. The molecule has 0 aromatic rings. The standard InChI is InChI=1S/C11H20N2/c12-6-1-3-10-5-8-13-7-2-4-11(13)9-10/h3,11H,1-2,4-9,12H2/b10-3-. The van der Waals surface area contributed by atoms with Gasteiger partial charge < -0.3 is 5.73 Å². The van der Waals surface area contributed by atoms with Gasteiger partial charge in [-0.05, 0) is 45.2 Å². The number of nitrogens with two attached hydrogens (primary N) is 1. The summed E-state index contributed by atoms with van der Waals surface area (Å²) in [6.45, 7) is 3.44. The summed E-state index contributed by atoms with van der Waals surface area (Å²) in [5, 5.41) is 0. The first-order chi connectivity index (χ1) is 6.40. The van der Waals surface area contributed by atoms with E-state index < -0.39 is 0 Å². The van der Waals surface area contributed by atoms with Crippen LogP contribution in [0.4, 0.5) is 0 Å². The third kappa shape index (κ3) is 2.12. The van der Waals surface area contributed by atoms with Crippen LogP contribution in [-0.2, 0) is 0 Å². The van der Waals surface area contributed by atoms with E-state index in [1.54, 1.807) is 5.57 Å². The fraction of sp³-hybridized carbons (Fsp3) is 0.818. The first kappa shape index (κ1) is 9.22. The highest BCUT2D eigenvalue weighted by atomic mass is 15.2. The maximum absolute atomic E-state index is 5.50. The predicted molar refractivity (Wildman–Crippen MR) is 55.6 cm³/mol. The van der Waals surface area contributed by atoms with E-state index >= 15 is 0 Å². The Morgan fingerprint density at radius 3 is 3.23 bits per heavy atom. The molecule has 0 spiro atoms. The molecule has 2 N–H and O–H groups in total. The lowest BCUT2D eigenvalue weighted by Crippen LogP contribution is -2.34. The molecular weight excluding hydrogens is 160 g/mol. The first-order valence-electron chi connectivity index (χ1n) is 5.52. The van der Waals surface area contributed by atoms with Crippen molar-refractivity contribution < 1.29 is 0 Å². The van der Waals surface area contributed by atoms with Crippen LogP contribution in [0.5, 0.6) is 0 Å². The lowest BCUT2D eigenvalue weighted by Gasteiger charge is -2.31. The van der Waals surface area contributed by atoms with Crippen LogP contribution in [0.2, 0.25) is 0 Å². The number of piperidine rings is 1. The average molecular weight is 180 g/mol. The zero-order valence-corrected chi connectivity index (χ0v) is 8.34. The molecule has 2 nitrogen and oxygen atoms in total. The van der Waals surface area contributed by atoms with E-state index in [9.17, 15) is 0 Å². The summed E-state index contributed by atoms with van der Waals surface area (Å²) in [5.74, 6) is 0. The van der Waals surface area contributed by atoms with Gasteiger partial charge in [-0.15, -0.1) is 0 Å². The number of rotatable bonds is 2. The molecule has 1 atom stereocenters. The van der Waals surface area contributed by atoms with Crippen LogP contribution in [0, 0.1) is 0 Å². The Balaban J connectivity index is 1.89. The molecule has 2 heterocycles. The second-order valence-electron chi connectivity index (χ2n) is 4.23. The van der Waals surface area contributed by atoms with E-state index in [2.05, 4.69) is 11.0 Å². The van der Waals surface area contributed by atoms with Crippen molar-refractivity contribution in [3.8, 4) is 0 Å². The number of nitrogens with zero attached hydrogens (tertiary/aromatic N) is 1. The van der Waals surface area contributed by atoms with Gasteiger partial charge in [-0.1, -0.05) is 11.6 Å². The minimum Gasteiger partial charge on any atom is -0.330 e. The molecule has 13 heavy (non-hydrogen) atoms. The molecule has 0 radical (unpaired) electrons. The van der Waals surface area contributed by atoms with E-state index in [4.69, 9.17) is 5.73 Å². The van der Waals surface area contributed by atoms with Gasteiger partial charge in [0.25, 0.3) is 0 Å². The van der Waals surface area contributed by atoms with Crippen molar-refractivity contribution in [2.24, 2.45) is 5.73 Å². The summed E-state index contributed by atoms with van der Waals surface area (Å²) in [4.78, 5) is 2.65. The quantitative estimate of drug-likeness (QED) is 0.653. The lowest BCUT2D eigenvalue weighted by molar-refractivity contribution is 0.228. The topological polar surface area (TPSA) is 29.3 Å². The largest absolute Gasteiger partial charge is 0.330 e. The van der Waals surface area contributed by atoms with Crippen LogP contribution >= 0.6 is 0 Å². The van der Waals surface area contributed by atoms with Crippen molar-refractivity contribution in [3.63, 3.8) is 0 Å². The molecule has 2 rings (SSSR count). The fourth-order valence-corrected chi connectivity index (χ4v) is 2.59. The Kier molecular flexibility index (Phi) is 3.01. The SMILES string of the molecule is NCC/C=C1/CCN2CCCC2C1. The van der Waals surface area contributed by atoms with E-state index in [0.29, 0.717) is 0 Å². The van der Waals surface area contributed by atoms with Gasteiger partial charge in [0.1, 0.15) is 0 Å². The second-order valence-corrected chi connectivity index (χ2v) is 4.23. The molecule has 0 amide bonds. The van der Waals surface area contributed by atoms with E-state index in [0.717, 1.165) is 19.0 Å². The van der Waals surface area contributed by atoms with Gasteiger partial charge in [0.2, 0.25) is 0 Å². The molecule has 2 saturated heterocycles. The summed E-state index contributed by atoms with van der Waals surface area (Å²) in [7, 11) is 0. The first-order valence-corrected chi connectivity index (χ1v) is 5.52. The zero-order valence-electron chi connectivity index (χ0n) is 8.34. The lowest BCUT2D eigenvalue weighted by atomic mass is 9.96. The molecule has 0 saturated carbocycles. The van der Waals surface area contributed by atoms with Gasteiger partial charge in [-0.2, -0.15) is 0 Å². The van der Waals surface area contributed by atoms with Crippen molar-refractivity contribution in [3.05, 3.63) is 11.6 Å². The molecule has 2 aliphatic heterocycles. The molecule has 0 aromatic heterocycles. The van der Waals surface area contributed by atoms with Crippen molar-refractivity contribution >= 4 is 0 Å². The van der Waals surface area contributed by atoms with Gasteiger partial charge in [0, 0.05) is 12.6 Å².